The molecular weight excluding hydrogens is 344 g/mol. The summed E-state index contributed by atoms with van der Waals surface area (Å²) < 4.78 is 1.01. The van der Waals surface area contributed by atoms with E-state index in [0.29, 0.717) is 0 Å². The van der Waals surface area contributed by atoms with E-state index in [0.717, 1.165) is 38.4 Å². The molecular formula is C15H11BrN6. The number of nitrogens with one attached hydrogen (secondary N) is 3. The van der Waals surface area contributed by atoms with E-state index in [9.17, 15) is 0 Å². The average molecular weight is 355 g/mol. The molecule has 3 aromatic heterocycles. The van der Waals surface area contributed by atoms with E-state index >= 15 is 0 Å². The summed E-state index contributed by atoms with van der Waals surface area (Å²) in [6.07, 6.45) is 3.25. The molecule has 0 spiro atoms. The Hall–Kier alpha value is -2.67. The average Bonchev–Trinajstić information content (AvgIpc) is 3.17. The third-order valence-electron chi connectivity index (χ3n) is 3.30. The maximum atomic E-state index is 4.34. The molecule has 6 nitrogen and oxygen atoms in total. The molecule has 0 aliphatic rings. The van der Waals surface area contributed by atoms with Gasteiger partial charge in [0.2, 0.25) is 0 Å². The normalized spacial score (nSPS) is 11.0. The van der Waals surface area contributed by atoms with Gasteiger partial charge in [0, 0.05) is 16.4 Å². The van der Waals surface area contributed by atoms with Crippen molar-refractivity contribution in [2.24, 2.45) is 0 Å². The fourth-order valence-electron chi connectivity index (χ4n) is 2.29. The highest BCUT2D eigenvalue weighted by Crippen LogP contribution is 2.28. The molecule has 0 aliphatic heterocycles. The lowest BCUT2D eigenvalue weighted by Gasteiger charge is -2.06. The van der Waals surface area contributed by atoms with Gasteiger partial charge >= 0.3 is 0 Å². The van der Waals surface area contributed by atoms with Crippen LogP contribution in [0.25, 0.3) is 22.4 Å². The van der Waals surface area contributed by atoms with E-state index in [4.69, 9.17) is 0 Å². The molecule has 108 valence electrons. The number of rotatable bonds is 3. The van der Waals surface area contributed by atoms with Crippen LogP contribution in [0, 0.1) is 0 Å². The Labute approximate surface area is 134 Å². The first-order chi connectivity index (χ1) is 10.8. The molecule has 0 radical (unpaired) electrons. The summed E-state index contributed by atoms with van der Waals surface area (Å²) in [6.45, 7) is 0. The van der Waals surface area contributed by atoms with Crippen LogP contribution in [0.5, 0.6) is 0 Å². The lowest BCUT2D eigenvalue weighted by atomic mass is 10.2. The Balaban J connectivity index is 1.78. The van der Waals surface area contributed by atoms with Gasteiger partial charge in [-0.2, -0.15) is 5.10 Å². The molecule has 0 unspecified atom stereocenters. The second kappa shape index (κ2) is 5.27. The summed E-state index contributed by atoms with van der Waals surface area (Å²) in [6, 6.07) is 11.8. The van der Waals surface area contributed by atoms with Gasteiger partial charge < -0.3 is 10.3 Å². The second-order valence-corrected chi connectivity index (χ2v) is 5.69. The molecule has 4 rings (SSSR count). The van der Waals surface area contributed by atoms with E-state index in [2.05, 4.69) is 46.4 Å². The molecule has 22 heavy (non-hydrogen) atoms. The Bertz CT molecular complexity index is 928. The fourth-order valence-corrected chi connectivity index (χ4v) is 2.69. The predicted molar refractivity (Wildman–Crippen MR) is 88.9 cm³/mol. The first kappa shape index (κ1) is 13.0. The van der Waals surface area contributed by atoms with Crippen LogP contribution in [0.2, 0.25) is 0 Å². The molecule has 3 heterocycles. The molecule has 0 aliphatic carbocycles. The highest BCUT2D eigenvalue weighted by Gasteiger charge is 2.10. The quantitative estimate of drug-likeness (QED) is 0.521. The van der Waals surface area contributed by atoms with Gasteiger partial charge in [0.05, 0.1) is 16.8 Å². The number of anilines is 2. The van der Waals surface area contributed by atoms with Gasteiger partial charge in [0.25, 0.3) is 0 Å². The van der Waals surface area contributed by atoms with Crippen molar-refractivity contribution in [3.05, 3.63) is 53.4 Å². The largest absolute Gasteiger partial charge is 0.340 e. The van der Waals surface area contributed by atoms with Gasteiger partial charge in [0.15, 0.2) is 0 Å². The molecule has 0 amide bonds. The first-order valence-corrected chi connectivity index (χ1v) is 7.45. The lowest BCUT2D eigenvalue weighted by molar-refractivity contribution is 1.09. The molecule has 0 atom stereocenters. The van der Waals surface area contributed by atoms with E-state index in [1.807, 2.05) is 36.4 Å². The molecule has 4 aromatic rings. The Morgan fingerprint density at radius 1 is 1.05 bits per heavy atom. The topological polar surface area (TPSA) is 82.3 Å². The summed E-state index contributed by atoms with van der Waals surface area (Å²) in [5.41, 5.74) is 3.56. The van der Waals surface area contributed by atoms with Gasteiger partial charge in [-0.3, -0.25) is 5.10 Å². The van der Waals surface area contributed by atoms with Gasteiger partial charge in [-0.15, -0.1) is 0 Å². The van der Waals surface area contributed by atoms with Crippen molar-refractivity contribution in [3.8, 4) is 11.4 Å². The SMILES string of the molecule is Brc1cccc(Nc2ncnc3[nH]c(-c4ccn[nH]4)cc23)c1. The maximum Gasteiger partial charge on any atom is 0.143 e. The molecule has 3 N–H and O–H groups in total. The zero-order chi connectivity index (χ0) is 14.9. The minimum absolute atomic E-state index is 0.755. The predicted octanol–water partition coefficient (Wildman–Crippen LogP) is 3.85. The summed E-state index contributed by atoms with van der Waals surface area (Å²) in [7, 11) is 0. The minimum Gasteiger partial charge on any atom is -0.340 e. The number of aromatic nitrogens is 5. The molecule has 7 heteroatoms. The number of aromatic amines is 2. The second-order valence-electron chi connectivity index (χ2n) is 4.77. The van der Waals surface area contributed by atoms with Crippen LogP contribution >= 0.6 is 15.9 Å². The van der Waals surface area contributed by atoms with Crippen LogP contribution in [-0.2, 0) is 0 Å². The Morgan fingerprint density at radius 2 is 2.00 bits per heavy atom. The third kappa shape index (κ3) is 2.35. The van der Waals surface area contributed by atoms with Crippen LogP contribution in [-0.4, -0.2) is 25.1 Å². The zero-order valence-electron chi connectivity index (χ0n) is 11.3. The van der Waals surface area contributed by atoms with Crippen LogP contribution in [0.1, 0.15) is 0 Å². The fraction of sp³-hybridized carbons (Fsp3) is 0. The van der Waals surface area contributed by atoms with E-state index in [1.165, 1.54) is 6.33 Å². The number of benzene rings is 1. The van der Waals surface area contributed by atoms with E-state index in [1.54, 1.807) is 6.20 Å². The highest BCUT2D eigenvalue weighted by molar-refractivity contribution is 9.10. The summed E-state index contributed by atoms with van der Waals surface area (Å²) in [5, 5.41) is 11.1. The standard InChI is InChI=1S/C15H11BrN6/c16-9-2-1-3-10(6-9)20-14-11-7-13(12-4-5-19-22-12)21-15(11)18-8-17-14/h1-8H,(H,19,22)(H2,17,18,20,21). The van der Waals surface area contributed by atoms with Gasteiger partial charge in [-0.05, 0) is 30.3 Å². The molecule has 0 bridgehead atoms. The number of fused-ring (bicyclic) bond motifs is 1. The zero-order valence-corrected chi connectivity index (χ0v) is 12.9. The Morgan fingerprint density at radius 3 is 2.82 bits per heavy atom. The van der Waals surface area contributed by atoms with Crippen molar-refractivity contribution in [1.82, 2.24) is 25.1 Å². The first-order valence-electron chi connectivity index (χ1n) is 6.66. The lowest BCUT2D eigenvalue weighted by Crippen LogP contribution is -1.94. The van der Waals surface area contributed by atoms with Crippen molar-refractivity contribution >= 4 is 38.5 Å². The smallest absolute Gasteiger partial charge is 0.143 e. The summed E-state index contributed by atoms with van der Waals surface area (Å²) in [5.74, 6) is 0.755. The minimum atomic E-state index is 0.755. The highest BCUT2D eigenvalue weighted by atomic mass is 79.9. The number of hydrogen-bond acceptors (Lipinski definition) is 4. The molecule has 1 aromatic carbocycles. The van der Waals surface area contributed by atoms with E-state index < -0.39 is 0 Å². The molecule has 0 saturated carbocycles. The maximum absolute atomic E-state index is 4.34. The van der Waals surface area contributed by atoms with Gasteiger partial charge in [-0.25, -0.2) is 9.97 Å². The number of H-pyrrole nitrogens is 2. The number of halogens is 1. The summed E-state index contributed by atoms with van der Waals surface area (Å²) >= 11 is 3.47. The monoisotopic (exact) mass is 354 g/mol. The van der Waals surface area contributed by atoms with E-state index in [-0.39, 0.29) is 0 Å². The van der Waals surface area contributed by atoms with Gasteiger partial charge in [-0.1, -0.05) is 22.0 Å². The van der Waals surface area contributed by atoms with Crippen molar-refractivity contribution in [3.63, 3.8) is 0 Å². The third-order valence-corrected chi connectivity index (χ3v) is 3.80. The van der Waals surface area contributed by atoms with Crippen LogP contribution in [0.4, 0.5) is 11.5 Å². The molecule has 0 saturated heterocycles. The Kier molecular flexibility index (Phi) is 3.12. The van der Waals surface area contributed by atoms with Gasteiger partial charge in [0.1, 0.15) is 17.8 Å². The van der Waals surface area contributed by atoms with Crippen molar-refractivity contribution < 1.29 is 0 Å². The van der Waals surface area contributed by atoms with Crippen LogP contribution in [0.15, 0.2) is 53.4 Å². The van der Waals surface area contributed by atoms with Crippen molar-refractivity contribution in [2.45, 2.75) is 0 Å². The number of hydrogen-bond donors (Lipinski definition) is 3. The van der Waals surface area contributed by atoms with Crippen molar-refractivity contribution in [2.75, 3.05) is 5.32 Å². The van der Waals surface area contributed by atoms with Crippen LogP contribution < -0.4 is 5.32 Å². The summed E-state index contributed by atoms with van der Waals surface area (Å²) in [4.78, 5) is 11.9. The number of nitrogens with zero attached hydrogens (tertiary/aromatic N) is 3. The van der Waals surface area contributed by atoms with Crippen LogP contribution in [0.3, 0.4) is 0 Å². The molecule has 0 fully saturated rings. The van der Waals surface area contributed by atoms with Crippen molar-refractivity contribution in [1.29, 1.82) is 0 Å².